The van der Waals surface area contributed by atoms with Crippen molar-refractivity contribution < 1.29 is 19.4 Å². The first-order valence-electron chi connectivity index (χ1n) is 12.1. The number of nitrogens with two attached hydrogens (primary N) is 1. The number of aromatic nitrogens is 3. The summed E-state index contributed by atoms with van der Waals surface area (Å²) in [7, 11) is 1.61. The molecule has 0 aliphatic carbocycles. The fourth-order valence-electron chi connectivity index (χ4n) is 4.47. The predicted molar refractivity (Wildman–Crippen MR) is 137 cm³/mol. The normalized spacial score (nSPS) is 15.1. The summed E-state index contributed by atoms with van der Waals surface area (Å²) in [5.41, 5.74) is 9.79. The van der Waals surface area contributed by atoms with E-state index in [9.17, 15) is 9.90 Å². The number of hydrogen-bond acceptors (Lipinski definition) is 8. The Balaban J connectivity index is 1.34. The van der Waals surface area contributed by atoms with E-state index in [1.54, 1.807) is 14.0 Å². The molecule has 1 fully saturated rings. The van der Waals surface area contributed by atoms with Crippen LogP contribution < -0.4 is 10.6 Å². The van der Waals surface area contributed by atoms with Crippen molar-refractivity contribution in [2.75, 3.05) is 31.9 Å². The van der Waals surface area contributed by atoms with Gasteiger partial charge in [-0.25, -0.2) is 9.97 Å². The number of methoxy groups -OCH3 is 1. The number of ether oxygens (including phenoxy) is 2. The first-order chi connectivity index (χ1) is 17.4. The zero-order valence-corrected chi connectivity index (χ0v) is 21.0. The van der Waals surface area contributed by atoms with Gasteiger partial charge in [0.25, 0.3) is 5.91 Å². The summed E-state index contributed by atoms with van der Waals surface area (Å²) >= 11 is 0. The number of benzene rings is 1. The molecular weight excluding hydrogens is 458 g/mol. The van der Waals surface area contributed by atoms with Crippen LogP contribution in [-0.4, -0.2) is 53.0 Å². The average Bonchev–Trinajstić information content (AvgIpc) is 2.89. The first kappa shape index (κ1) is 25.5. The molecule has 1 saturated heterocycles. The Morgan fingerprint density at radius 3 is 2.50 bits per heavy atom. The Kier molecular flexibility index (Phi) is 8.12. The molecule has 1 aromatic carbocycles. The molecule has 0 saturated carbocycles. The molecule has 1 atom stereocenters. The Morgan fingerprint density at radius 2 is 1.89 bits per heavy atom. The van der Waals surface area contributed by atoms with Crippen LogP contribution in [0.4, 0.5) is 5.69 Å². The molecule has 190 valence electrons. The lowest BCUT2D eigenvalue weighted by Crippen LogP contribution is -2.34. The number of piperidine rings is 1. The van der Waals surface area contributed by atoms with Crippen LogP contribution >= 0.6 is 0 Å². The third-order valence-corrected chi connectivity index (χ3v) is 6.64. The van der Waals surface area contributed by atoms with E-state index in [2.05, 4.69) is 44.1 Å². The number of pyridine rings is 1. The van der Waals surface area contributed by atoms with Gasteiger partial charge in [-0.1, -0.05) is 18.2 Å². The van der Waals surface area contributed by atoms with Crippen molar-refractivity contribution in [1.29, 1.82) is 0 Å². The number of hydrogen-bond donors (Lipinski definition) is 2. The lowest BCUT2D eigenvalue weighted by atomic mass is 9.92. The maximum absolute atomic E-state index is 11.6. The van der Waals surface area contributed by atoms with Crippen LogP contribution in [0.2, 0.25) is 0 Å². The highest BCUT2D eigenvalue weighted by Crippen LogP contribution is 2.28. The number of rotatable bonds is 9. The largest absolute Gasteiger partial charge is 0.504 e. The number of aryl methyl sites for hydroxylation is 1. The molecule has 1 unspecified atom stereocenters. The Hall–Kier alpha value is -3.56. The van der Waals surface area contributed by atoms with Gasteiger partial charge in [-0.2, -0.15) is 0 Å². The van der Waals surface area contributed by atoms with Crippen molar-refractivity contribution in [2.24, 2.45) is 11.7 Å². The molecule has 3 N–H and O–H groups in total. The Morgan fingerprint density at radius 1 is 1.17 bits per heavy atom. The second-order valence-corrected chi connectivity index (χ2v) is 9.16. The minimum absolute atomic E-state index is 0.0772. The quantitative estimate of drug-likeness (QED) is 0.433. The highest BCUT2D eigenvalue weighted by molar-refractivity contribution is 5.93. The van der Waals surface area contributed by atoms with Crippen LogP contribution in [0.5, 0.6) is 5.75 Å². The van der Waals surface area contributed by atoms with E-state index in [0.29, 0.717) is 23.9 Å². The molecule has 9 nitrogen and oxygen atoms in total. The number of aromatic hydroxyl groups is 1. The van der Waals surface area contributed by atoms with Gasteiger partial charge >= 0.3 is 0 Å². The van der Waals surface area contributed by atoms with E-state index in [4.69, 9.17) is 15.2 Å². The topological polar surface area (TPSA) is 124 Å². The summed E-state index contributed by atoms with van der Waals surface area (Å²) in [5.74, 6) is -0.0149. The van der Waals surface area contributed by atoms with Gasteiger partial charge in [-0.15, -0.1) is 0 Å². The fourth-order valence-corrected chi connectivity index (χ4v) is 4.47. The number of amides is 1. The standard InChI is InChI=1S/C27H33N5O4/c1-17-26(33)25(27(28)34)31-24(30-17)14-19-10-12-32(13-11-19)22-7-4-20(5-8-22)23-9-6-21(15-29-23)18(2)36-16-35-3/h4-9,15,18-19,33H,10-14,16H2,1-3H3,(H2,28,34). The molecule has 2 aromatic heterocycles. The van der Waals surface area contributed by atoms with Crippen molar-refractivity contribution in [1.82, 2.24) is 15.0 Å². The van der Waals surface area contributed by atoms with Gasteiger partial charge in [-0.05, 0) is 56.4 Å². The van der Waals surface area contributed by atoms with E-state index in [0.717, 1.165) is 42.8 Å². The second kappa shape index (κ2) is 11.5. The summed E-state index contributed by atoms with van der Waals surface area (Å²) in [4.78, 5) is 27.1. The lowest BCUT2D eigenvalue weighted by molar-refractivity contribution is -0.0667. The molecule has 36 heavy (non-hydrogen) atoms. The molecule has 1 amide bonds. The Bertz CT molecular complexity index is 1180. The van der Waals surface area contributed by atoms with Crippen LogP contribution in [-0.2, 0) is 15.9 Å². The summed E-state index contributed by atoms with van der Waals surface area (Å²) in [5, 5.41) is 9.97. The maximum atomic E-state index is 11.6. The highest BCUT2D eigenvalue weighted by atomic mass is 16.7. The van der Waals surface area contributed by atoms with Crippen molar-refractivity contribution in [3.8, 4) is 17.0 Å². The predicted octanol–water partition coefficient (Wildman–Crippen LogP) is 3.79. The fraction of sp³-hybridized carbons (Fsp3) is 0.407. The second-order valence-electron chi connectivity index (χ2n) is 9.16. The third kappa shape index (κ3) is 5.98. The van der Waals surface area contributed by atoms with Crippen LogP contribution in [0.25, 0.3) is 11.3 Å². The molecule has 1 aliphatic heterocycles. The van der Waals surface area contributed by atoms with E-state index in [1.165, 1.54) is 5.69 Å². The SMILES string of the molecule is COCOC(C)c1ccc(-c2ccc(N3CCC(Cc4nc(C)c(O)c(C(N)=O)n4)CC3)cc2)nc1. The molecule has 3 heterocycles. The number of carbonyl (C=O) groups excluding carboxylic acids is 1. The number of carbonyl (C=O) groups is 1. The highest BCUT2D eigenvalue weighted by Gasteiger charge is 2.23. The van der Waals surface area contributed by atoms with E-state index >= 15 is 0 Å². The van der Waals surface area contributed by atoms with Gasteiger partial charge < -0.3 is 25.2 Å². The summed E-state index contributed by atoms with van der Waals surface area (Å²) < 4.78 is 10.5. The minimum atomic E-state index is -0.741. The first-order valence-corrected chi connectivity index (χ1v) is 12.1. The molecule has 9 heteroatoms. The lowest BCUT2D eigenvalue weighted by Gasteiger charge is -2.33. The molecule has 1 aliphatic rings. The van der Waals surface area contributed by atoms with Crippen molar-refractivity contribution in [3.63, 3.8) is 0 Å². The molecule has 0 bridgehead atoms. The third-order valence-electron chi connectivity index (χ3n) is 6.64. The van der Waals surface area contributed by atoms with Crippen molar-refractivity contribution >= 4 is 11.6 Å². The molecule has 0 radical (unpaired) electrons. The van der Waals surface area contributed by atoms with Crippen LogP contribution in [0.3, 0.4) is 0 Å². The van der Waals surface area contributed by atoms with Crippen molar-refractivity contribution in [3.05, 3.63) is 65.4 Å². The zero-order chi connectivity index (χ0) is 25.7. The molecule has 0 spiro atoms. The van der Waals surface area contributed by atoms with Gasteiger partial charge in [0.2, 0.25) is 0 Å². The van der Waals surface area contributed by atoms with E-state index in [1.807, 2.05) is 25.3 Å². The van der Waals surface area contributed by atoms with E-state index < -0.39 is 5.91 Å². The number of nitrogens with zero attached hydrogens (tertiary/aromatic N) is 4. The maximum Gasteiger partial charge on any atom is 0.271 e. The zero-order valence-electron chi connectivity index (χ0n) is 21.0. The average molecular weight is 492 g/mol. The van der Waals surface area contributed by atoms with Gasteiger partial charge in [0.05, 0.1) is 17.5 Å². The Labute approximate surface area is 211 Å². The van der Waals surface area contributed by atoms with Crippen LogP contribution in [0, 0.1) is 12.8 Å². The minimum Gasteiger partial charge on any atom is -0.504 e. The van der Waals surface area contributed by atoms with Gasteiger partial charge in [0.1, 0.15) is 12.6 Å². The molecule has 4 rings (SSSR count). The summed E-state index contributed by atoms with van der Waals surface area (Å²) in [6.45, 7) is 5.74. The smallest absolute Gasteiger partial charge is 0.271 e. The monoisotopic (exact) mass is 491 g/mol. The van der Waals surface area contributed by atoms with Crippen LogP contribution in [0.15, 0.2) is 42.6 Å². The van der Waals surface area contributed by atoms with Gasteiger partial charge in [0, 0.05) is 44.1 Å². The van der Waals surface area contributed by atoms with Gasteiger partial charge in [0.15, 0.2) is 11.4 Å². The van der Waals surface area contributed by atoms with Gasteiger partial charge in [-0.3, -0.25) is 9.78 Å². The molecule has 3 aromatic rings. The number of anilines is 1. The number of primary amides is 1. The summed E-state index contributed by atoms with van der Waals surface area (Å²) in [6.07, 6.45) is 4.41. The van der Waals surface area contributed by atoms with E-state index in [-0.39, 0.29) is 24.3 Å². The molecular formula is C27H33N5O4. The van der Waals surface area contributed by atoms with Crippen molar-refractivity contribution in [2.45, 2.75) is 39.2 Å². The summed E-state index contributed by atoms with van der Waals surface area (Å²) in [6, 6.07) is 12.5. The van der Waals surface area contributed by atoms with Crippen LogP contribution in [0.1, 0.15) is 53.4 Å².